The van der Waals surface area contributed by atoms with Crippen LogP contribution in [0.1, 0.15) is 25.3 Å². The van der Waals surface area contributed by atoms with Crippen molar-refractivity contribution in [2.24, 2.45) is 5.92 Å². The fourth-order valence-electron chi connectivity index (χ4n) is 2.46. The first kappa shape index (κ1) is 14.9. The lowest BCUT2D eigenvalue weighted by Gasteiger charge is -2.33. The number of Topliss-reactive ketones (excluding diaryl/α,β-unsaturated/α-hetero) is 1. The van der Waals surface area contributed by atoms with E-state index < -0.39 is 4.92 Å². The Kier molecular flexibility index (Phi) is 4.37. The van der Waals surface area contributed by atoms with Gasteiger partial charge >= 0.3 is 0 Å². The summed E-state index contributed by atoms with van der Waals surface area (Å²) in [5, 5.41) is 10.9. The number of nitro groups is 1. The first-order valence-electron chi connectivity index (χ1n) is 6.46. The summed E-state index contributed by atoms with van der Waals surface area (Å²) in [6.07, 6.45) is 3.11. The van der Waals surface area contributed by atoms with Gasteiger partial charge in [0, 0.05) is 24.6 Å². The van der Waals surface area contributed by atoms with Crippen LogP contribution in [-0.2, 0) is 4.79 Å². The topological polar surface area (TPSA) is 76.3 Å². The van der Waals surface area contributed by atoms with Crippen molar-refractivity contribution in [2.45, 2.75) is 26.7 Å². The van der Waals surface area contributed by atoms with E-state index in [0.29, 0.717) is 22.4 Å². The molecule has 7 heteroatoms. The first-order valence-corrected chi connectivity index (χ1v) is 7.26. The van der Waals surface area contributed by atoms with Crippen LogP contribution in [0.3, 0.4) is 0 Å². The van der Waals surface area contributed by atoms with Crippen molar-refractivity contribution in [2.75, 3.05) is 18.0 Å². The molecule has 0 aliphatic carbocycles. The van der Waals surface area contributed by atoms with Gasteiger partial charge in [-0.05, 0) is 42.6 Å². The Bertz CT molecular complexity index is 562. The molecule has 1 aliphatic heterocycles. The molecule has 1 saturated heterocycles. The fourth-order valence-corrected chi connectivity index (χ4v) is 3.02. The van der Waals surface area contributed by atoms with E-state index in [-0.39, 0.29) is 17.4 Å². The standard InChI is InChI=1S/C13H16BrN3O3/c1-8-11(17(19)20)6-15-13(12(8)14)16-5-3-4-10(7-16)9(2)18/h6,10H,3-5,7H2,1-2H3. The molecular formula is C13H16BrN3O3. The summed E-state index contributed by atoms with van der Waals surface area (Å²) < 4.78 is 0.635. The second-order valence-electron chi connectivity index (χ2n) is 5.06. The lowest BCUT2D eigenvalue weighted by Crippen LogP contribution is -2.38. The molecular weight excluding hydrogens is 326 g/mol. The number of rotatable bonds is 3. The maximum absolute atomic E-state index is 11.5. The van der Waals surface area contributed by atoms with Crippen LogP contribution in [-0.4, -0.2) is 28.8 Å². The van der Waals surface area contributed by atoms with Gasteiger partial charge in [-0.3, -0.25) is 14.9 Å². The summed E-state index contributed by atoms with van der Waals surface area (Å²) in [4.78, 5) is 28.2. The van der Waals surface area contributed by atoms with Crippen molar-refractivity contribution >= 4 is 33.2 Å². The summed E-state index contributed by atoms with van der Waals surface area (Å²) >= 11 is 3.40. The number of piperidine rings is 1. The number of carbonyl (C=O) groups excluding carboxylic acids is 1. The molecule has 108 valence electrons. The molecule has 0 N–H and O–H groups in total. The number of carbonyl (C=O) groups is 1. The molecule has 1 fully saturated rings. The van der Waals surface area contributed by atoms with Gasteiger partial charge in [0.05, 0.1) is 9.40 Å². The Morgan fingerprint density at radius 1 is 1.60 bits per heavy atom. The van der Waals surface area contributed by atoms with Gasteiger partial charge in [0.15, 0.2) is 0 Å². The van der Waals surface area contributed by atoms with E-state index in [1.807, 2.05) is 4.90 Å². The third-order valence-electron chi connectivity index (χ3n) is 3.71. The molecule has 0 aromatic carbocycles. The Morgan fingerprint density at radius 2 is 2.30 bits per heavy atom. The van der Waals surface area contributed by atoms with Gasteiger partial charge in [0.1, 0.15) is 17.8 Å². The Balaban J connectivity index is 2.31. The molecule has 0 radical (unpaired) electrons. The molecule has 1 aromatic heterocycles. The minimum absolute atomic E-state index is 0.000697. The van der Waals surface area contributed by atoms with E-state index in [1.54, 1.807) is 13.8 Å². The first-order chi connectivity index (χ1) is 9.41. The fraction of sp³-hybridized carbons (Fsp3) is 0.538. The molecule has 2 rings (SSSR count). The van der Waals surface area contributed by atoms with Crippen molar-refractivity contribution in [3.8, 4) is 0 Å². The molecule has 1 aliphatic rings. The zero-order valence-corrected chi connectivity index (χ0v) is 13.0. The maximum Gasteiger partial charge on any atom is 0.291 e. The third kappa shape index (κ3) is 2.82. The highest BCUT2D eigenvalue weighted by molar-refractivity contribution is 9.10. The molecule has 0 saturated carbocycles. The number of ketones is 1. The number of halogens is 1. The monoisotopic (exact) mass is 341 g/mol. The number of pyridine rings is 1. The maximum atomic E-state index is 11.5. The number of hydrogen-bond acceptors (Lipinski definition) is 5. The second-order valence-corrected chi connectivity index (χ2v) is 5.85. The zero-order valence-electron chi connectivity index (χ0n) is 11.4. The third-order valence-corrected chi connectivity index (χ3v) is 4.66. The van der Waals surface area contributed by atoms with E-state index in [0.717, 1.165) is 19.4 Å². The SMILES string of the molecule is CC(=O)C1CCCN(c2ncc([N+](=O)[O-])c(C)c2Br)C1. The molecule has 1 unspecified atom stereocenters. The van der Waals surface area contributed by atoms with E-state index in [2.05, 4.69) is 20.9 Å². The lowest BCUT2D eigenvalue weighted by molar-refractivity contribution is -0.385. The second kappa shape index (κ2) is 5.87. The van der Waals surface area contributed by atoms with Gasteiger partial charge < -0.3 is 4.90 Å². The van der Waals surface area contributed by atoms with Crippen LogP contribution in [0.15, 0.2) is 10.7 Å². The summed E-state index contributed by atoms with van der Waals surface area (Å²) in [7, 11) is 0. The van der Waals surface area contributed by atoms with Crippen LogP contribution in [0.4, 0.5) is 11.5 Å². The van der Waals surface area contributed by atoms with E-state index >= 15 is 0 Å². The minimum Gasteiger partial charge on any atom is -0.355 e. The molecule has 2 heterocycles. The van der Waals surface area contributed by atoms with Crippen LogP contribution >= 0.6 is 15.9 Å². The highest BCUT2D eigenvalue weighted by atomic mass is 79.9. The number of nitrogens with zero attached hydrogens (tertiary/aromatic N) is 3. The van der Waals surface area contributed by atoms with Gasteiger partial charge in [-0.25, -0.2) is 4.98 Å². The van der Waals surface area contributed by atoms with Gasteiger partial charge in [-0.2, -0.15) is 0 Å². The van der Waals surface area contributed by atoms with Crippen molar-refractivity contribution in [3.63, 3.8) is 0 Å². The van der Waals surface area contributed by atoms with Crippen molar-refractivity contribution in [1.82, 2.24) is 4.98 Å². The minimum atomic E-state index is -0.439. The van der Waals surface area contributed by atoms with Crippen molar-refractivity contribution in [3.05, 3.63) is 26.3 Å². The largest absolute Gasteiger partial charge is 0.355 e. The molecule has 0 spiro atoms. The average Bonchev–Trinajstić information content (AvgIpc) is 2.41. The molecule has 1 aromatic rings. The van der Waals surface area contributed by atoms with Crippen molar-refractivity contribution in [1.29, 1.82) is 0 Å². The highest BCUT2D eigenvalue weighted by Crippen LogP contribution is 2.34. The lowest BCUT2D eigenvalue weighted by atomic mass is 9.94. The Morgan fingerprint density at radius 3 is 2.90 bits per heavy atom. The number of anilines is 1. The van der Waals surface area contributed by atoms with Crippen LogP contribution < -0.4 is 4.90 Å². The van der Waals surface area contributed by atoms with Crippen molar-refractivity contribution < 1.29 is 9.72 Å². The Labute approximate surface area is 125 Å². The highest BCUT2D eigenvalue weighted by Gasteiger charge is 2.27. The van der Waals surface area contributed by atoms with Gasteiger partial charge in [0.25, 0.3) is 5.69 Å². The van der Waals surface area contributed by atoms with Crippen LogP contribution in [0.25, 0.3) is 0 Å². The molecule has 20 heavy (non-hydrogen) atoms. The van der Waals surface area contributed by atoms with Gasteiger partial charge in [-0.15, -0.1) is 0 Å². The predicted molar refractivity (Wildman–Crippen MR) is 78.9 cm³/mol. The molecule has 6 nitrogen and oxygen atoms in total. The number of aromatic nitrogens is 1. The summed E-state index contributed by atoms with van der Waals surface area (Å²) in [6.45, 7) is 4.74. The molecule has 0 bridgehead atoms. The smallest absolute Gasteiger partial charge is 0.291 e. The van der Waals surface area contributed by atoms with Crippen LogP contribution in [0, 0.1) is 23.0 Å². The zero-order chi connectivity index (χ0) is 14.9. The van der Waals surface area contributed by atoms with Gasteiger partial charge in [-0.1, -0.05) is 0 Å². The summed E-state index contributed by atoms with van der Waals surface area (Å²) in [5.41, 5.74) is 0.561. The quantitative estimate of drug-likeness (QED) is 0.624. The van der Waals surface area contributed by atoms with E-state index in [1.165, 1.54) is 6.20 Å². The van der Waals surface area contributed by atoms with E-state index in [4.69, 9.17) is 0 Å². The van der Waals surface area contributed by atoms with Gasteiger partial charge in [0.2, 0.25) is 0 Å². The Hall–Kier alpha value is -1.50. The summed E-state index contributed by atoms with van der Waals surface area (Å²) in [6, 6.07) is 0. The average molecular weight is 342 g/mol. The van der Waals surface area contributed by atoms with Crippen LogP contribution in [0.2, 0.25) is 0 Å². The number of hydrogen-bond donors (Lipinski definition) is 0. The van der Waals surface area contributed by atoms with E-state index in [9.17, 15) is 14.9 Å². The molecule has 1 atom stereocenters. The predicted octanol–water partition coefficient (Wildman–Crippen LogP) is 2.87. The van der Waals surface area contributed by atoms with Crippen LogP contribution in [0.5, 0.6) is 0 Å². The summed E-state index contributed by atoms with van der Waals surface area (Å²) in [5.74, 6) is 0.886. The molecule has 0 amide bonds. The normalized spacial score (nSPS) is 18.9.